The van der Waals surface area contributed by atoms with Gasteiger partial charge in [0, 0.05) is 11.4 Å². The fraction of sp³-hybridized carbons (Fsp3) is 0.0833. The van der Waals surface area contributed by atoms with Gasteiger partial charge < -0.3 is 5.32 Å². The molecule has 0 aliphatic rings. The summed E-state index contributed by atoms with van der Waals surface area (Å²) in [5, 5.41) is 13.7. The van der Waals surface area contributed by atoms with E-state index in [1.54, 1.807) is 6.08 Å². The van der Waals surface area contributed by atoms with Gasteiger partial charge in [0.15, 0.2) is 4.34 Å². The summed E-state index contributed by atoms with van der Waals surface area (Å²) in [6.07, 6.45) is 1.79. The molecule has 0 fully saturated rings. The predicted molar refractivity (Wildman–Crippen MR) is 79.9 cm³/mol. The third-order valence-electron chi connectivity index (χ3n) is 1.98. The first kappa shape index (κ1) is 13.6. The Morgan fingerprint density at radius 2 is 2.11 bits per heavy atom. The number of hydrogen-bond donors (Lipinski definition) is 2. The maximum absolute atomic E-state index is 11.7. The second-order valence-corrected chi connectivity index (χ2v) is 5.66. The Morgan fingerprint density at radius 1 is 1.32 bits per heavy atom. The fourth-order valence-corrected chi connectivity index (χ4v) is 2.74. The second kappa shape index (κ2) is 6.91. The van der Waals surface area contributed by atoms with E-state index < -0.39 is 0 Å². The van der Waals surface area contributed by atoms with Gasteiger partial charge in [-0.3, -0.25) is 5.32 Å². The van der Waals surface area contributed by atoms with Gasteiger partial charge in [0.2, 0.25) is 5.13 Å². The minimum Gasteiger partial charge on any atom is -0.308 e. The van der Waals surface area contributed by atoms with E-state index in [0.717, 1.165) is 15.8 Å². The number of para-hydroxylation sites is 1. The molecule has 7 heteroatoms. The molecule has 0 aliphatic heterocycles. The maximum Gasteiger partial charge on any atom is 0.325 e. The Bertz CT molecular complexity index is 556. The highest BCUT2D eigenvalue weighted by molar-refractivity contribution is 8.01. The van der Waals surface area contributed by atoms with E-state index in [0.29, 0.717) is 5.13 Å². The maximum atomic E-state index is 11.7. The Labute approximate surface area is 119 Å². The molecule has 0 atom stereocenters. The van der Waals surface area contributed by atoms with Crippen LogP contribution in [0.25, 0.3) is 0 Å². The first-order valence-electron chi connectivity index (χ1n) is 5.48. The molecule has 0 saturated carbocycles. The summed E-state index contributed by atoms with van der Waals surface area (Å²) >= 11 is 2.86. The van der Waals surface area contributed by atoms with Crippen LogP contribution in [0.2, 0.25) is 0 Å². The van der Waals surface area contributed by atoms with Gasteiger partial charge in [0.05, 0.1) is 0 Å². The van der Waals surface area contributed by atoms with Crippen molar-refractivity contribution in [3.8, 4) is 0 Å². The Kier molecular flexibility index (Phi) is 4.93. The number of anilines is 2. The van der Waals surface area contributed by atoms with Crippen molar-refractivity contribution in [3.63, 3.8) is 0 Å². The van der Waals surface area contributed by atoms with Crippen LogP contribution in [0.1, 0.15) is 0 Å². The van der Waals surface area contributed by atoms with Crippen LogP contribution in [-0.4, -0.2) is 22.0 Å². The average molecular weight is 292 g/mol. The minimum absolute atomic E-state index is 0.331. The van der Waals surface area contributed by atoms with Crippen molar-refractivity contribution < 1.29 is 4.79 Å². The van der Waals surface area contributed by atoms with Gasteiger partial charge in [-0.1, -0.05) is 47.4 Å². The molecule has 1 aromatic heterocycles. The standard InChI is InChI=1S/C12H12N4OS2/c1-2-8-18-12-16-15-11(19-12)14-10(17)13-9-6-4-3-5-7-9/h2-7H,1,8H2,(H2,13,14,15,17). The quantitative estimate of drug-likeness (QED) is 0.503. The van der Waals surface area contributed by atoms with Crippen LogP contribution in [0.3, 0.4) is 0 Å². The van der Waals surface area contributed by atoms with E-state index in [4.69, 9.17) is 0 Å². The number of aromatic nitrogens is 2. The zero-order valence-corrected chi connectivity index (χ0v) is 11.6. The largest absolute Gasteiger partial charge is 0.325 e. The predicted octanol–water partition coefficient (Wildman–Crippen LogP) is 3.46. The molecule has 0 radical (unpaired) electrons. The summed E-state index contributed by atoms with van der Waals surface area (Å²) in [4.78, 5) is 11.7. The number of amides is 2. The van der Waals surface area contributed by atoms with Crippen LogP contribution in [0.4, 0.5) is 15.6 Å². The van der Waals surface area contributed by atoms with E-state index in [2.05, 4.69) is 27.4 Å². The normalized spacial score (nSPS) is 9.89. The Morgan fingerprint density at radius 3 is 2.84 bits per heavy atom. The molecule has 98 valence electrons. The van der Waals surface area contributed by atoms with Gasteiger partial charge in [-0.2, -0.15) is 0 Å². The zero-order valence-electron chi connectivity index (χ0n) is 10.00. The van der Waals surface area contributed by atoms with E-state index in [1.807, 2.05) is 30.3 Å². The molecule has 2 amide bonds. The van der Waals surface area contributed by atoms with Crippen LogP contribution in [0.15, 0.2) is 47.3 Å². The average Bonchev–Trinajstić information content (AvgIpc) is 2.85. The molecule has 1 heterocycles. The van der Waals surface area contributed by atoms with E-state index in [-0.39, 0.29) is 6.03 Å². The molecule has 2 rings (SSSR count). The SMILES string of the molecule is C=CCSc1nnc(NC(=O)Nc2ccccc2)s1. The summed E-state index contributed by atoms with van der Waals surface area (Å²) in [5.41, 5.74) is 0.728. The van der Waals surface area contributed by atoms with Crippen LogP contribution in [0.5, 0.6) is 0 Å². The summed E-state index contributed by atoms with van der Waals surface area (Å²) in [7, 11) is 0. The first-order valence-corrected chi connectivity index (χ1v) is 7.28. The number of carbonyl (C=O) groups is 1. The van der Waals surface area contributed by atoms with Crippen molar-refractivity contribution in [1.29, 1.82) is 0 Å². The van der Waals surface area contributed by atoms with Crippen LogP contribution >= 0.6 is 23.1 Å². The first-order chi connectivity index (χ1) is 9.28. The Hall–Kier alpha value is -1.86. The third-order valence-corrected chi connectivity index (χ3v) is 3.95. The molecule has 2 aromatic rings. The smallest absolute Gasteiger partial charge is 0.308 e. The molecule has 0 bridgehead atoms. The molecule has 5 nitrogen and oxygen atoms in total. The lowest BCUT2D eigenvalue weighted by molar-refractivity contribution is 0.262. The Balaban J connectivity index is 1.88. The molecule has 0 saturated heterocycles. The van der Waals surface area contributed by atoms with Crippen LogP contribution in [0, 0.1) is 0 Å². The van der Waals surface area contributed by atoms with Gasteiger partial charge in [0.25, 0.3) is 0 Å². The molecule has 19 heavy (non-hydrogen) atoms. The van der Waals surface area contributed by atoms with Crippen molar-refractivity contribution in [2.24, 2.45) is 0 Å². The number of benzene rings is 1. The summed E-state index contributed by atoms with van der Waals surface area (Å²) in [6, 6.07) is 8.88. The highest BCUT2D eigenvalue weighted by Crippen LogP contribution is 2.25. The lowest BCUT2D eigenvalue weighted by Gasteiger charge is -2.03. The topological polar surface area (TPSA) is 66.9 Å². The fourth-order valence-electron chi connectivity index (χ4n) is 1.23. The molecule has 0 unspecified atom stereocenters. The number of nitrogens with zero attached hydrogens (tertiary/aromatic N) is 2. The van der Waals surface area contributed by atoms with Gasteiger partial charge in [-0.25, -0.2) is 4.79 Å². The summed E-state index contributed by atoms with van der Waals surface area (Å²) < 4.78 is 0.801. The van der Waals surface area contributed by atoms with Crippen LogP contribution < -0.4 is 10.6 Å². The lowest BCUT2D eigenvalue weighted by Crippen LogP contribution is -2.19. The van der Waals surface area contributed by atoms with Gasteiger partial charge in [0.1, 0.15) is 0 Å². The monoisotopic (exact) mass is 292 g/mol. The van der Waals surface area contributed by atoms with E-state index in [1.165, 1.54) is 23.1 Å². The molecule has 2 N–H and O–H groups in total. The van der Waals surface area contributed by atoms with Crippen molar-refractivity contribution in [2.75, 3.05) is 16.4 Å². The third kappa shape index (κ3) is 4.38. The zero-order chi connectivity index (χ0) is 13.5. The number of urea groups is 1. The van der Waals surface area contributed by atoms with Crippen molar-refractivity contribution in [1.82, 2.24) is 10.2 Å². The van der Waals surface area contributed by atoms with Gasteiger partial charge in [-0.05, 0) is 12.1 Å². The lowest BCUT2D eigenvalue weighted by atomic mass is 10.3. The summed E-state index contributed by atoms with van der Waals surface area (Å²) in [5.74, 6) is 0.769. The molecule has 0 spiro atoms. The number of carbonyl (C=O) groups excluding carboxylic acids is 1. The number of nitrogens with one attached hydrogen (secondary N) is 2. The van der Waals surface area contributed by atoms with Crippen molar-refractivity contribution >= 4 is 39.9 Å². The number of thioether (sulfide) groups is 1. The molecular weight excluding hydrogens is 280 g/mol. The second-order valence-electron chi connectivity index (χ2n) is 3.42. The van der Waals surface area contributed by atoms with E-state index in [9.17, 15) is 4.79 Å². The van der Waals surface area contributed by atoms with Crippen molar-refractivity contribution in [2.45, 2.75) is 4.34 Å². The minimum atomic E-state index is -0.331. The highest BCUT2D eigenvalue weighted by Gasteiger charge is 2.08. The molecule has 1 aromatic carbocycles. The van der Waals surface area contributed by atoms with Gasteiger partial charge >= 0.3 is 6.03 Å². The van der Waals surface area contributed by atoms with Gasteiger partial charge in [-0.15, -0.1) is 16.8 Å². The molecule has 0 aliphatic carbocycles. The van der Waals surface area contributed by atoms with Crippen molar-refractivity contribution in [3.05, 3.63) is 43.0 Å². The number of rotatable bonds is 5. The highest BCUT2D eigenvalue weighted by atomic mass is 32.2. The van der Waals surface area contributed by atoms with Crippen LogP contribution in [-0.2, 0) is 0 Å². The van der Waals surface area contributed by atoms with E-state index >= 15 is 0 Å². The number of hydrogen-bond acceptors (Lipinski definition) is 5. The summed E-state index contributed by atoms with van der Waals surface area (Å²) in [6.45, 7) is 3.63. The molecular formula is C12H12N4OS2.